The minimum atomic E-state index is -0.516. The number of nitrogens with one attached hydrogen (secondary N) is 2. The second-order valence-electron chi connectivity index (χ2n) is 7.80. The Balaban J connectivity index is 1.81. The van der Waals surface area contributed by atoms with E-state index in [4.69, 9.17) is 11.6 Å². The second kappa shape index (κ2) is 8.55. The SMILES string of the molecule is CC(C)(C)c1ccc(C(=O)Nc2ccccc2C(=O)Nc2ccc(Cl)cn2)c(O)c1. The van der Waals surface area contributed by atoms with Crippen LogP contribution in [0, 0.1) is 0 Å². The predicted molar refractivity (Wildman–Crippen MR) is 118 cm³/mol. The smallest absolute Gasteiger partial charge is 0.259 e. The summed E-state index contributed by atoms with van der Waals surface area (Å²) < 4.78 is 0. The van der Waals surface area contributed by atoms with E-state index in [0.717, 1.165) is 5.56 Å². The zero-order valence-electron chi connectivity index (χ0n) is 16.9. The highest BCUT2D eigenvalue weighted by atomic mass is 35.5. The van der Waals surface area contributed by atoms with Gasteiger partial charge in [0.1, 0.15) is 11.6 Å². The van der Waals surface area contributed by atoms with Crippen LogP contribution < -0.4 is 10.6 Å². The third kappa shape index (κ3) is 4.96. The van der Waals surface area contributed by atoms with Crippen molar-refractivity contribution in [3.05, 3.63) is 82.5 Å². The lowest BCUT2D eigenvalue weighted by atomic mass is 9.86. The van der Waals surface area contributed by atoms with Gasteiger partial charge in [-0.15, -0.1) is 0 Å². The van der Waals surface area contributed by atoms with Gasteiger partial charge in [0.15, 0.2) is 0 Å². The van der Waals surface area contributed by atoms with Crippen molar-refractivity contribution in [1.29, 1.82) is 0 Å². The van der Waals surface area contributed by atoms with Gasteiger partial charge in [-0.2, -0.15) is 0 Å². The van der Waals surface area contributed by atoms with Crippen molar-refractivity contribution in [2.24, 2.45) is 0 Å². The Labute approximate surface area is 179 Å². The molecule has 1 heterocycles. The molecule has 3 aromatic rings. The van der Waals surface area contributed by atoms with E-state index < -0.39 is 11.8 Å². The lowest BCUT2D eigenvalue weighted by molar-refractivity contribution is 0.102. The zero-order chi connectivity index (χ0) is 21.9. The van der Waals surface area contributed by atoms with Crippen molar-refractivity contribution in [3.63, 3.8) is 0 Å². The number of aromatic hydroxyl groups is 1. The molecule has 154 valence electrons. The summed E-state index contributed by atoms with van der Waals surface area (Å²) in [4.78, 5) is 29.4. The molecule has 3 rings (SSSR count). The lowest BCUT2D eigenvalue weighted by Gasteiger charge is -2.20. The van der Waals surface area contributed by atoms with Gasteiger partial charge in [-0.3, -0.25) is 9.59 Å². The van der Waals surface area contributed by atoms with Crippen molar-refractivity contribution in [2.75, 3.05) is 10.6 Å². The van der Waals surface area contributed by atoms with Gasteiger partial charge in [-0.1, -0.05) is 50.6 Å². The van der Waals surface area contributed by atoms with E-state index in [1.165, 1.54) is 6.20 Å². The lowest BCUT2D eigenvalue weighted by Crippen LogP contribution is -2.19. The highest BCUT2D eigenvalue weighted by Gasteiger charge is 2.20. The maximum Gasteiger partial charge on any atom is 0.259 e. The van der Waals surface area contributed by atoms with E-state index in [1.807, 2.05) is 20.8 Å². The summed E-state index contributed by atoms with van der Waals surface area (Å²) in [5.41, 5.74) is 1.44. The molecule has 0 aliphatic heterocycles. The quantitative estimate of drug-likeness (QED) is 0.535. The molecule has 0 aliphatic carbocycles. The largest absolute Gasteiger partial charge is 0.507 e. The van der Waals surface area contributed by atoms with E-state index in [9.17, 15) is 14.7 Å². The van der Waals surface area contributed by atoms with Crippen molar-refractivity contribution in [3.8, 4) is 5.75 Å². The number of rotatable bonds is 4. The summed E-state index contributed by atoms with van der Waals surface area (Å²) in [6.07, 6.45) is 1.43. The number of carbonyl (C=O) groups excluding carboxylic acids is 2. The predicted octanol–water partition coefficient (Wildman–Crippen LogP) is 5.24. The topological polar surface area (TPSA) is 91.3 Å². The number of nitrogens with zero attached hydrogens (tertiary/aromatic N) is 1. The van der Waals surface area contributed by atoms with Crippen LogP contribution in [0.15, 0.2) is 60.8 Å². The molecule has 0 fully saturated rings. The molecular formula is C23H22ClN3O3. The molecule has 0 spiro atoms. The Morgan fingerprint density at radius 2 is 1.63 bits per heavy atom. The average Bonchev–Trinajstić information content (AvgIpc) is 2.69. The third-order valence-electron chi connectivity index (χ3n) is 4.50. The summed E-state index contributed by atoms with van der Waals surface area (Å²) in [7, 11) is 0. The first-order valence-corrected chi connectivity index (χ1v) is 9.70. The number of hydrogen-bond donors (Lipinski definition) is 3. The van der Waals surface area contributed by atoms with Crippen molar-refractivity contribution in [2.45, 2.75) is 26.2 Å². The Hall–Kier alpha value is -3.38. The molecular weight excluding hydrogens is 402 g/mol. The maximum atomic E-state index is 12.7. The normalized spacial score (nSPS) is 11.1. The molecule has 0 unspecified atom stereocenters. The molecule has 2 aromatic carbocycles. The van der Waals surface area contributed by atoms with Gasteiger partial charge >= 0.3 is 0 Å². The highest BCUT2D eigenvalue weighted by Crippen LogP contribution is 2.28. The van der Waals surface area contributed by atoms with Crippen molar-refractivity contribution < 1.29 is 14.7 Å². The molecule has 0 aliphatic rings. The van der Waals surface area contributed by atoms with Gasteiger partial charge in [0.2, 0.25) is 0 Å². The Morgan fingerprint density at radius 3 is 2.27 bits per heavy atom. The number of anilines is 2. The number of aromatic nitrogens is 1. The fourth-order valence-electron chi connectivity index (χ4n) is 2.80. The van der Waals surface area contributed by atoms with Gasteiger partial charge in [-0.25, -0.2) is 4.98 Å². The standard InChI is InChI=1S/C23H22ClN3O3/c1-23(2,3)14-8-10-17(19(28)12-14)22(30)26-18-7-5-4-6-16(18)21(29)27-20-11-9-15(24)13-25-20/h4-13,28H,1-3H3,(H,26,30)(H,25,27,29). The van der Waals surface area contributed by atoms with E-state index in [0.29, 0.717) is 16.5 Å². The maximum absolute atomic E-state index is 12.7. The Bertz CT molecular complexity index is 1090. The van der Waals surface area contributed by atoms with Gasteiger partial charge in [0, 0.05) is 6.20 Å². The molecule has 0 radical (unpaired) electrons. The molecule has 2 amide bonds. The number of pyridine rings is 1. The first-order chi connectivity index (χ1) is 14.1. The van der Waals surface area contributed by atoms with Crippen molar-refractivity contribution >= 4 is 34.9 Å². The van der Waals surface area contributed by atoms with E-state index >= 15 is 0 Å². The minimum absolute atomic E-state index is 0.118. The molecule has 3 N–H and O–H groups in total. The summed E-state index contributed by atoms with van der Waals surface area (Å²) in [5, 5.41) is 16.2. The van der Waals surface area contributed by atoms with Gasteiger partial charge in [0.05, 0.1) is 21.8 Å². The van der Waals surface area contributed by atoms with Gasteiger partial charge in [-0.05, 0) is 47.4 Å². The van der Waals surface area contributed by atoms with Crippen LogP contribution in [0.2, 0.25) is 5.02 Å². The van der Waals surface area contributed by atoms with Gasteiger partial charge in [0.25, 0.3) is 11.8 Å². The first kappa shape index (κ1) is 21.3. The number of carbonyl (C=O) groups is 2. The number of halogens is 1. The fraction of sp³-hybridized carbons (Fsp3) is 0.174. The molecule has 1 aromatic heterocycles. The molecule has 6 nitrogen and oxygen atoms in total. The van der Waals surface area contributed by atoms with Crippen LogP contribution >= 0.6 is 11.6 Å². The molecule has 0 saturated heterocycles. The van der Waals surface area contributed by atoms with Crippen LogP contribution in [-0.2, 0) is 5.41 Å². The number of benzene rings is 2. The summed E-state index contributed by atoms with van der Waals surface area (Å²) in [6, 6.07) is 14.7. The van der Waals surface area contributed by atoms with Crippen LogP contribution in [0.3, 0.4) is 0 Å². The van der Waals surface area contributed by atoms with E-state index in [-0.39, 0.29) is 22.3 Å². The van der Waals surface area contributed by atoms with E-state index in [1.54, 1.807) is 54.6 Å². The van der Waals surface area contributed by atoms with Crippen LogP contribution in [0.5, 0.6) is 5.75 Å². The number of amides is 2. The van der Waals surface area contributed by atoms with Crippen LogP contribution in [0.25, 0.3) is 0 Å². The van der Waals surface area contributed by atoms with Crippen molar-refractivity contribution in [1.82, 2.24) is 4.98 Å². The summed E-state index contributed by atoms with van der Waals surface area (Å²) >= 11 is 5.81. The highest BCUT2D eigenvalue weighted by molar-refractivity contribution is 6.30. The summed E-state index contributed by atoms with van der Waals surface area (Å²) in [5.74, 6) is -0.737. The minimum Gasteiger partial charge on any atom is -0.507 e. The van der Waals surface area contributed by atoms with Gasteiger partial charge < -0.3 is 15.7 Å². The number of hydrogen-bond acceptors (Lipinski definition) is 4. The Kier molecular flexibility index (Phi) is 6.08. The number of phenols is 1. The summed E-state index contributed by atoms with van der Waals surface area (Å²) in [6.45, 7) is 6.06. The molecule has 0 atom stereocenters. The third-order valence-corrected chi connectivity index (χ3v) is 4.72. The number of phenolic OH excluding ortho intramolecular Hbond substituents is 1. The Morgan fingerprint density at radius 1 is 0.933 bits per heavy atom. The molecule has 0 saturated carbocycles. The van der Waals surface area contributed by atoms with E-state index in [2.05, 4.69) is 15.6 Å². The number of para-hydroxylation sites is 1. The van der Waals surface area contributed by atoms with Crippen LogP contribution in [-0.4, -0.2) is 21.9 Å². The fourth-order valence-corrected chi connectivity index (χ4v) is 2.92. The monoisotopic (exact) mass is 423 g/mol. The average molecular weight is 424 g/mol. The molecule has 30 heavy (non-hydrogen) atoms. The van der Waals surface area contributed by atoms with Crippen LogP contribution in [0.1, 0.15) is 47.1 Å². The first-order valence-electron chi connectivity index (χ1n) is 9.32. The van der Waals surface area contributed by atoms with Crippen LogP contribution in [0.4, 0.5) is 11.5 Å². The second-order valence-corrected chi connectivity index (χ2v) is 8.23. The molecule has 7 heteroatoms. The zero-order valence-corrected chi connectivity index (χ0v) is 17.6. The molecule has 0 bridgehead atoms.